The predicted octanol–water partition coefficient (Wildman–Crippen LogP) is 6.81. The van der Waals surface area contributed by atoms with Gasteiger partial charge in [0.15, 0.2) is 5.43 Å². The highest BCUT2D eigenvalue weighted by molar-refractivity contribution is 5.94. The van der Waals surface area contributed by atoms with Crippen molar-refractivity contribution in [3.63, 3.8) is 0 Å². The predicted molar refractivity (Wildman–Crippen MR) is 132 cm³/mol. The molecule has 0 bridgehead atoms. The zero-order chi connectivity index (χ0) is 22.8. The van der Waals surface area contributed by atoms with Crippen LogP contribution in [-0.2, 0) is 0 Å². The fourth-order valence-corrected chi connectivity index (χ4v) is 4.01. The monoisotopic (exact) mass is 434 g/mol. The van der Waals surface area contributed by atoms with Crippen LogP contribution in [0.5, 0.6) is 11.5 Å². The van der Waals surface area contributed by atoms with Crippen LogP contribution in [0.4, 0.5) is 0 Å². The van der Waals surface area contributed by atoms with Crippen molar-refractivity contribution < 1.29 is 13.9 Å². The third-order valence-corrected chi connectivity index (χ3v) is 5.69. The Kier molecular flexibility index (Phi) is 5.41. The summed E-state index contributed by atoms with van der Waals surface area (Å²) in [5.41, 5.74) is 5.05. The molecule has 162 valence electrons. The molecule has 4 heteroatoms. The van der Waals surface area contributed by atoms with Gasteiger partial charge in [-0.25, -0.2) is 0 Å². The highest BCUT2D eigenvalue weighted by Crippen LogP contribution is 2.38. The summed E-state index contributed by atoms with van der Waals surface area (Å²) in [7, 11) is 3.29. The van der Waals surface area contributed by atoms with Gasteiger partial charge in [0.2, 0.25) is 0 Å². The van der Waals surface area contributed by atoms with Crippen LogP contribution in [0.1, 0.15) is 0 Å². The first-order chi connectivity index (χ1) is 16.2. The maximum absolute atomic E-state index is 13.1. The molecule has 0 fully saturated rings. The maximum atomic E-state index is 13.1. The molecule has 0 saturated carbocycles. The molecule has 0 amide bonds. The van der Waals surface area contributed by atoms with Gasteiger partial charge in [-0.2, -0.15) is 0 Å². The van der Waals surface area contributed by atoms with Crippen molar-refractivity contribution in [2.45, 2.75) is 0 Å². The van der Waals surface area contributed by atoms with E-state index in [1.807, 2.05) is 91.0 Å². The lowest BCUT2D eigenvalue weighted by atomic mass is 9.92. The highest BCUT2D eigenvalue weighted by Gasteiger charge is 2.15. The minimum absolute atomic E-state index is 0.0866. The number of benzene rings is 4. The molecular formula is C29H22O4. The topological polar surface area (TPSA) is 48.7 Å². The van der Waals surface area contributed by atoms with Gasteiger partial charge in [0, 0.05) is 11.6 Å². The molecule has 0 atom stereocenters. The van der Waals surface area contributed by atoms with Crippen LogP contribution in [0.15, 0.2) is 106 Å². The fraction of sp³-hybridized carbons (Fsp3) is 0.0690. The molecule has 1 heterocycles. The molecule has 0 aliphatic rings. The molecule has 0 N–H and O–H groups in total. The first-order valence-corrected chi connectivity index (χ1v) is 10.6. The van der Waals surface area contributed by atoms with Gasteiger partial charge >= 0.3 is 0 Å². The van der Waals surface area contributed by atoms with Gasteiger partial charge in [-0.3, -0.25) is 4.79 Å². The number of fused-ring (bicyclic) bond motifs is 1. The summed E-state index contributed by atoms with van der Waals surface area (Å²) in [6.07, 6.45) is 0. The Morgan fingerprint density at radius 2 is 1.18 bits per heavy atom. The van der Waals surface area contributed by atoms with Crippen LogP contribution in [-0.4, -0.2) is 14.2 Å². The van der Waals surface area contributed by atoms with Gasteiger partial charge in [-0.1, -0.05) is 54.6 Å². The van der Waals surface area contributed by atoms with Gasteiger partial charge in [-0.15, -0.1) is 0 Å². The summed E-state index contributed by atoms with van der Waals surface area (Å²) in [6, 6.07) is 30.7. The number of methoxy groups -OCH3 is 2. The summed E-state index contributed by atoms with van der Waals surface area (Å²) in [4.78, 5) is 13.1. The highest BCUT2D eigenvalue weighted by atomic mass is 16.5. The molecule has 0 spiro atoms. The molecule has 1 aromatic heterocycles. The summed E-state index contributed by atoms with van der Waals surface area (Å²) >= 11 is 0. The summed E-state index contributed by atoms with van der Waals surface area (Å²) in [5.74, 6) is 2.04. The number of ether oxygens (including phenoxy) is 2. The van der Waals surface area contributed by atoms with Crippen molar-refractivity contribution in [3.05, 3.63) is 107 Å². The lowest BCUT2D eigenvalue weighted by Gasteiger charge is -2.14. The standard InChI is InChI=1S/C29H22O4/c1-31-22-12-6-10-20(14-22)24-16-26-27(30)18-28(19-8-4-3-5-9-19)33-29(26)17-25(24)21-11-7-13-23(15-21)32-2/h3-18H,1-2H3. The zero-order valence-electron chi connectivity index (χ0n) is 18.4. The van der Waals surface area contributed by atoms with Crippen molar-refractivity contribution in [2.75, 3.05) is 14.2 Å². The first kappa shape index (κ1) is 20.6. The lowest BCUT2D eigenvalue weighted by molar-refractivity contribution is 0.415. The van der Waals surface area contributed by atoms with Crippen LogP contribution in [0, 0.1) is 0 Å². The average Bonchev–Trinajstić information content (AvgIpc) is 2.88. The van der Waals surface area contributed by atoms with Crippen LogP contribution in [0.25, 0.3) is 44.5 Å². The Bertz CT molecular complexity index is 1500. The first-order valence-electron chi connectivity index (χ1n) is 10.6. The molecule has 4 nitrogen and oxygen atoms in total. The van der Waals surface area contributed by atoms with E-state index in [9.17, 15) is 4.79 Å². The Hall–Kier alpha value is -4.31. The minimum atomic E-state index is -0.0866. The molecule has 0 unspecified atom stereocenters. The Morgan fingerprint density at radius 3 is 1.79 bits per heavy atom. The number of hydrogen-bond donors (Lipinski definition) is 0. The Labute approximate surface area is 191 Å². The van der Waals surface area contributed by atoms with E-state index < -0.39 is 0 Å². The Morgan fingerprint density at radius 1 is 0.606 bits per heavy atom. The van der Waals surface area contributed by atoms with Crippen LogP contribution < -0.4 is 14.9 Å². The largest absolute Gasteiger partial charge is 0.497 e. The van der Waals surface area contributed by atoms with Gasteiger partial charge in [0.05, 0.1) is 19.6 Å². The van der Waals surface area contributed by atoms with E-state index >= 15 is 0 Å². The summed E-state index contributed by atoms with van der Waals surface area (Å²) < 4.78 is 17.1. The molecular weight excluding hydrogens is 412 g/mol. The Balaban J connectivity index is 1.80. The second kappa shape index (κ2) is 8.67. The van der Waals surface area contributed by atoms with E-state index in [1.165, 1.54) is 0 Å². The average molecular weight is 434 g/mol. The lowest BCUT2D eigenvalue weighted by Crippen LogP contribution is -2.01. The van der Waals surface area contributed by atoms with E-state index in [0.29, 0.717) is 16.7 Å². The van der Waals surface area contributed by atoms with E-state index in [4.69, 9.17) is 13.9 Å². The van der Waals surface area contributed by atoms with Crippen LogP contribution in [0.2, 0.25) is 0 Å². The number of hydrogen-bond acceptors (Lipinski definition) is 4. The van der Waals surface area contributed by atoms with Crippen molar-refractivity contribution >= 4 is 11.0 Å². The van der Waals surface area contributed by atoms with Gasteiger partial charge in [0.25, 0.3) is 0 Å². The zero-order valence-corrected chi connectivity index (χ0v) is 18.4. The molecule has 0 radical (unpaired) electrons. The second-order valence-corrected chi connectivity index (χ2v) is 7.70. The quantitative estimate of drug-likeness (QED) is 0.305. The van der Waals surface area contributed by atoms with Gasteiger partial charge in [-0.05, 0) is 58.7 Å². The minimum Gasteiger partial charge on any atom is -0.497 e. The van der Waals surface area contributed by atoms with Crippen molar-refractivity contribution in [1.29, 1.82) is 0 Å². The fourth-order valence-electron chi connectivity index (χ4n) is 4.01. The van der Waals surface area contributed by atoms with Gasteiger partial charge < -0.3 is 13.9 Å². The normalized spacial score (nSPS) is 10.8. The van der Waals surface area contributed by atoms with Crippen molar-refractivity contribution in [2.24, 2.45) is 0 Å². The van der Waals surface area contributed by atoms with E-state index in [0.717, 1.165) is 39.3 Å². The van der Waals surface area contributed by atoms with Crippen LogP contribution in [0.3, 0.4) is 0 Å². The van der Waals surface area contributed by atoms with Crippen molar-refractivity contribution in [3.8, 4) is 45.1 Å². The summed E-state index contributed by atoms with van der Waals surface area (Å²) in [6.45, 7) is 0. The van der Waals surface area contributed by atoms with E-state index in [-0.39, 0.29) is 5.43 Å². The molecule has 0 aliphatic heterocycles. The SMILES string of the molecule is COc1cccc(-c2cc3oc(-c4ccccc4)cc(=O)c3cc2-c2cccc(OC)c2)c1. The number of rotatable bonds is 5. The summed E-state index contributed by atoms with van der Waals surface area (Å²) in [5, 5.41) is 0.527. The molecule has 33 heavy (non-hydrogen) atoms. The van der Waals surface area contributed by atoms with Crippen LogP contribution >= 0.6 is 0 Å². The second-order valence-electron chi connectivity index (χ2n) is 7.70. The third kappa shape index (κ3) is 3.99. The molecule has 4 aromatic carbocycles. The molecule has 0 aliphatic carbocycles. The van der Waals surface area contributed by atoms with Gasteiger partial charge in [0.1, 0.15) is 22.8 Å². The van der Waals surface area contributed by atoms with E-state index in [1.54, 1.807) is 20.3 Å². The smallest absolute Gasteiger partial charge is 0.193 e. The maximum Gasteiger partial charge on any atom is 0.193 e. The molecule has 0 saturated heterocycles. The molecule has 5 rings (SSSR count). The van der Waals surface area contributed by atoms with Crippen molar-refractivity contribution in [1.82, 2.24) is 0 Å². The molecule has 5 aromatic rings. The van der Waals surface area contributed by atoms with E-state index in [2.05, 4.69) is 0 Å². The third-order valence-electron chi connectivity index (χ3n) is 5.69.